The van der Waals surface area contributed by atoms with Gasteiger partial charge in [-0.15, -0.1) is 0 Å². The van der Waals surface area contributed by atoms with E-state index in [4.69, 9.17) is 23.2 Å². The van der Waals surface area contributed by atoms with E-state index in [1.807, 2.05) is 0 Å². The van der Waals surface area contributed by atoms with E-state index >= 15 is 0 Å². The highest BCUT2D eigenvalue weighted by molar-refractivity contribution is 7.93. The van der Waals surface area contributed by atoms with Gasteiger partial charge in [-0.1, -0.05) is 29.3 Å². The van der Waals surface area contributed by atoms with Crippen molar-refractivity contribution in [3.05, 3.63) is 64.8 Å². The molecular formula is C16H13Cl2N2O5PS. The van der Waals surface area contributed by atoms with Gasteiger partial charge in [0, 0.05) is 21.6 Å². The summed E-state index contributed by atoms with van der Waals surface area (Å²) < 4.78 is 38.7. The molecule has 142 valence electrons. The van der Waals surface area contributed by atoms with Crippen LogP contribution in [0.15, 0.2) is 59.6 Å². The summed E-state index contributed by atoms with van der Waals surface area (Å²) in [5.41, 5.74) is 0.560. The van der Waals surface area contributed by atoms with Crippen LogP contribution in [0.3, 0.4) is 0 Å². The van der Waals surface area contributed by atoms with E-state index in [1.165, 1.54) is 30.5 Å². The molecule has 0 spiro atoms. The molecule has 2 N–H and O–H groups in total. The van der Waals surface area contributed by atoms with E-state index in [2.05, 4.69) is 4.98 Å². The van der Waals surface area contributed by atoms with Crippen molar-refractivity contribution in [2.24, 2.45) is 0 Å². The number of anilines is 1. The quantitative estimate of drug-likeness (QED) is 0.575. The van der Waals surface area contributed by atoms with E-state index in [1.54, 1.807) is 24.3 Å². The third-order valence-electron chi connectivity index (χ3n) is 3.63. The van der Waals surface area contributed by atoms with E-state index in [0.29, 0.717) is 15.2 Å². The number of rotatable bonds is 5. The van der Waals surface area contributed by atoms with Gasteiger partial charge in [-0.2, -0.15) is 0 Å². The molecule has 7 nitrogen and oxygen atoms in total. The number of hydrogen-bond donors (Lipinski definition) is 2. The summed E-state index contributed by atoms with van der Waals surface area (Å²) in [6.45, 7) is 0. The van der Waals surface area contributed by atoms with Crippen molar-refractivity contribution in [3.63, 3.8) is 0 Å². The lowest BCUT2D eigenvalue weighted by Gasteiger charge is -2.26. The van der Waals surface area contributed by atoms with Gasteiger partial charge in [-0.05, 0) is 42.5 Å². The lowest BCUT2D eigenvalue weighted by Crippen LogP contribution is -2.32. The summed E-state index contributed by atoms with van der Waals surface area (Å²) >= 11 is 11.8. The van der Waals surface area contributed by atoms with Crippen LogP contribution in [0.2, 0.25) is 10.0 Å². The number of halogens is 2. The Bertz CT molecular complexity index is 1140. The Morgan fingerprint density at radius 3 is 2.33 bits per heavy atom. The number of sulfonamides is 1. The molecule has 0 aliphatic carbocycles. The van der Waals surface area contributed by atoms with Gasteiger partial charge in [0.1, 0.15) is 6.29 Å². The molecule has 0 amide bonds. The smallest absolute Gasteiger partial charge is 0.323 e. The summed E-state index contributed by atoms with van der Waals surface area (Å²) in [7, 11) is -9.12. The number of fused-ring (bicyclic) bond motifs is 1. The Morgan fingerprint density at radius 1 is 1.04 bits per heavy atom. The Morgan fingerprint density at radius 2 is 1.70 bits per heavy atom. The minimum Gasteiger partial charge on any atom is -0.323 e. The second kappa shape index (κ2) is 7.39. The van der Waals surface area contributed by atoms with Crippen molar-refractivity contribution >= 4 is 57.4 Å². The molecule has 0 bridgehead atoms. The lowest BCUT2D eigenvalue weighted by molar-refractivity contribution is 0.373. The van der Waals surface area contributed by atoms with Crippen LogP contribution in [-0.4, -0.2) is 29.5 Å². The molecule has 0 radical (unpaired) electrons. The lowest BCUT2D eigenvalue weighted by atomic mass is 10.2. The Balaban J connectivity index is 2.26. The molecule has 3 rings (SSSR count). The van der Waals surface area contributed by atoms with Crippen LogP contribution < -0.4 is 4.31 Å². The average molecular weight is 447 g/mol. The summed E-state index contributed by atoms with van der Waals surface area (Å²) in [4.78, 5) is 22.8. The molecule has 0 unspecified atom stereocenters. The largest absolute Gasteiger partial charge is 0.345 e. The van der Waals surface area contributed by atoms with Crippen LogP contribution in [0.25, 0.3) is 10.9 Å². The molecule has 0 saturated carbocycles. The molecular weight excluding hydrogens is 434 g/mol. The van der Waals surface area contributed by atoms with Crippen molar-refractivity contribution in [1.29, 1.82) is 0 Å². The van der Waals surface area contributed by atoms with E-state index in [0.717, 1.165) is 0 Å². The molecule has 0 atom stereocenters. The van der Waals surface area contributed by atoms with Crippen LogP contribution in [-0.2, 0) is 14.6 Å². The summed E-state index contributed by atoms with van der Waals surface area (Å²) in [5.74, 6) is 0. The van der Waals surface area contributed by atoms with Crippen LogP contribution in [0.4, 0.5) is 5.69 Å². The SMILES string of the molecule is O=P(O)(O)CN(c1cccc2ncccc12)S(=O)(=O)c1cc(Cl)cc(Cl)c1. The zero-order valence-electron chi connectivity index (χ0n) is 13.5. The molecule has 0 aliphatic rings. The summed E-state index contributed by atoms with van der Waals surface area (Å²) in [5, 5.41) is 0.582. The van der Waals surface area contributed by atoms with Crippen molar-refractivity contribution in [2.45, 2.75) is 4.90 Å². The highest BCUT2D eigenvalue weighted by atomic mass is 35.5. The van der Waals surface area contributed by atoms with E-state index in [9.17, 15) is 22.8 Å². The Labute approximate surface area is 165 Å². The fourth-order valence-electron chi connectivity index (χ4n) is 2.56. The second-order valence-electron chi connectivity index (χ2n) is 5.61. The van der Waals surface area contributed by atoms with Crippen molar-refractivity contribution in [3.8, 4) is 0 Å². The van der Waals surface area contributed by atoms with Crippen LogP contribution in [0.5, 0.6) is 0 Å². The third-order valence-corrected chi connectivity index (χ3v) is 6.64. The first-order valence-corrected chi connectivity index (χ1v) is 11.4. The van der Waals surface area contributed by atoms with Gasteiger partial charge in [-0.25, -0.2) is 8.42 Å². The molecule has 0 saturated heterocycles. The maximum atomic E-state index is 13.2. The molecule has 1 aromatic heterocycles. The number of nitrogens with zero attached hydrogens (tertiary/aromatic N) is 2. The Hall–Kier alpha value is -1.67. The van der Waals surface area contributed by atoms with Crippen molar-refractivity contribution in [2.75, 3.05) is 10.6 Å². The minimum absolute atomic E-state index is 0.0804. The fraction of sp³-hybridized carbons (Fsp3) is 0.0625. The molecule has 27 heavy (non-hydrogen) atoms. The normalized spacial score (nSPS) is 12.3. The van der Waals surface area contributed by atoms with Gasteiger partial charge in [0.25, 0.3) is 10.0 Å². The Kier molecular flexibility index (Phi) is 5.49. The van der Waals surface area contributed by atoms with Crippen molar-refractivity contribution < 1.29 is 22.8 Å². The van der Waals surface area contributed by atoms with Gasteiger partial charge in [0.2, 0.25) is 0 Å². The predicted octanol–water partition coefficient (Wildman–Crippen LogP) is 3.87. The maximum Gasteiger partial charge on any atom is 0.345 e. The fourth-order valence-corrected chi connectivity index (χ4v) is 5.98. The highest BCUT2D eigenvalue weighted by Gasteiger charge is 2.32. The molecule has 0 fully saturated rings. The molecule has 2 aromatic carbocycles. The average Bonchev–Trinajstić information content (AvgIpc) is 2.57. The molecule has 0 aliphatic heterocycles. The van der Waals surface area contributed by atoms with Crippen LogP contribution in [0.1, 0.15) is 0 Å². The highest BCUT2D eigenvalue weighted by Crippen LogP contribution is 2.41. The van der Waals surface area contributed by atoms with Crippen LogP contribution in [0, 0.1) is 0 Å². The molecule has 1 heterocycles. The third kappa shape index (κ3) is 4.43. The van der Waals surface area contributed by atoms with Crippen LogP contribution >= 0.6 is 30.8 Å². The van der Waals surface area contributed by atoms with Crippen molar-refractivity contribution in [1.82, 2.24) is 4.98 Å². The molecule has 11 heteroatoms. The van der Waals surface area contributed by atoms with E-state index in [-0.39, 0.29) is 20.6 Å². The van der Waals surface area contributed by atoms with Gasteiger partial charge in [-0.3, -0.25) is 13.9 Å². The number of aromatic nitrogens is 1. The standard InChI is InChI=1S/C16H13Cl2N2O5PS/c17-11-7-12(18)9-13(8-11)27(24,25)20(10-26(21,22)23)16-5-1-4-15-14(16)3-2-6-19-15/h1-9H,10H2,(H2,21,22,23). The van der Waals surface area contributed by atoms with Gasteiger partial charge >= 0.3 is 7.60 Å². The number of benzene rings is 2. The number of hydrogen-bond acceptors (Lipinski definition) is 4. The number of pyridine rings is 1. The van der Waals surface area contributed by atoms with Gasteiger partial charge in [0.05, 0.1) is 16.1 Å². The first-order valence-electron chi connectivity index (χ1n) is 7.45. The molecule has 3 aromatic rings. The first kappa shape index (κ1) is 20.1. The van der Waals surface area contributed by atoms with Gasteiger partial charge in [0.15, 0.2) is 0 Å². The second-order valence-corrected chi connectivity index (χ2v) is 9.96. The minimum atomic E-state index is -4.75. The monoisotopic (exact) mass is 446 g/mol. The first-order chi connectivity index (χ1) is 12.6. The zero-order chi connectivity index (χ0) is 19.8. The maximum absolute atomic E-state index is 13.2. The summed E-state index contributed by atoms with van der Waals surface area (Å²) in [6.07, 6.45) is 0.484. The summed E-state index contributed by atoms with van der Waals surface area (Å²) in [6, 6.07) is 11.6. The predicted molar refractivity (Wildman–Crippen MR) is 105 cm³/mol. The topological polar surface area (TPSA) is 108 Å². The zero-order valence-corrected chi connectivity index (χ0v) is 16.8. The van der Waals surface area contributed by atoms with E-state index < -0.39 is 23.9 Å². The van der Waals surface area contributed by atoms with Gasteiger partial charge < -0.3 is 9.79 Å².